The zero-order valence-electron chi connectivity index (χ0n) is 11.6. The summed E-state index contributed by atoms with van der Waals surface area (Å²) in [6.07, 6.45) is 2.61. The summed E-state index contributed by atoms with van der Waals surface area (Å²) in [4.78, 5) is 2.59. The van der Waals surface area contributed by atoms with Crippen molar-refractivity contribution in [3.8, 4) is 0 Å². The van der Waals surface area contributed by atoms with Crippen LogP contribution in [-0.4, -0.2) is 18.0 Å². The van der Waals surface area contributed by atoms with Gasteiger partial charge in [0.15, 0.2) is 0 Å². The third kappa shape index (κ3) is 3.50. The number of benzene rings is 2. The summed E-state index contributed by atoms with van der Waals surface area (Å²) >= 11 is 3.52. The lowest BCUT2D eigenvalue weighted by atomic mass is 9.90. The third-order valence-electron chi connectivity index (χ3n) is 4.10. The Labute approximate surface area is 129 Å². The fourth-order valence-electron chi connectivity index (χ4n) is 3.05. The minimum Gasteiger partial charge on any atom is -0.298 e. The second-order valence-electron chi connectivity index (χ2n) is 5.61. The Kier molecular flexibility index (Phi) is 4.54. The summed E-state index contributed by atoms with van der Waals surface area (Å²) in [6.45, 7) is 3.48. The van der Waals surface area contributed by atoms with Gasteiger partial charge in [0.25, 0.3) is 0 Å². The molecule has 0 aromatic heterocycles. The first-order valence-electron chi connectivity index (χ1n) is 7.33. The minimum atomic E-state index is 0.681. The molecule has 1 aliphatic heterocycles. The number of piperidine rings is 1. The van der Waals surface area contributed by atoms with E-state index in [-0.39, 0.29) is 0 Å². The highest BCUT2D eigenvalue weighted by molar-refractivity contribution is 9.10. The molecule has 1 unspecified atom stereocenters. The number of nitrogens with zero attached hydrogens (tertiary/aromatic N) is 1. The molecule has 1 atom stereocenters. The van der Waals surface area contributed by atoms with Gasteiger partial charge >= 0.3 is 0 Å². The molecule has 20 heavy (non-hydrogen) atoms. The Morgan fingerprint density at radius 1 is 1.00 bits per heavy atom. The first kappa shape index (κ1) is 13.8. The van der Waals surface area contributed by atoms with Crippen molar-refractivity contribution in [3.05, 3.63) is 70.2 Å². The molecule has 1 aliphatic rings. The van der Waals surface area contributed by atoms with Crippen LogP contribution in [0.1, 0.15) is 29.9 Å². The number of likely N-dealkylation sites (tertiary alicyclic amines) is 1. The topological polar surface area (TPSA) is 3.24 Å². The van der Waals surface area contributed by atoms with Gasteiger partial charge in [-0.1, -0.05) is 58.4 Å². The van der Waals surface area contributed by atoms with Gasteiger partial charge in [0.2, 0.25) is 0 Å². The van der Waals surface area contributed by atoms with Gasteiger partial charge in [-0.3, -0.25) is 4.90 Å². The summed E-state index contributed by atoms with van der Waals surface area (Å²) in [5.74, 6) is 0.681. The molecular weight excluding hydrogens is 310 g/mol. The van der Waals surface area contributed by atoms with E-state index in [1.807, 2.05) is 0 Å². The highest BCUT2D eigenvalue weighted by Crippen LogP contribution is 2.28. The van der Waals surface area contributed by atoms with E-state index in [2.05, 4.69) is 75.4 Å². The lowest BCUT2D eigenvalue weighted by Gasteiger charge is -2.33. The minimum absolute atomic E-state index is 0.681. The molecule has 2 aromatic carbocycles. The van der Waals surface area contributed by atoms with Crippen LogP contribution in [0.4, 0.5) is 0 Å². The third-order valence-corrected chi connectivity index (χ3v) is 4.62. The highest BCUT2D eigenvalue weighted by atomic mass is 79.9. The number of hydrogen-bond donors (Lipinski definition) is 0. The van der Waals surface area contributed by atoms with Gasteiger partial charge in [-0.15, -0.1) is 0 Å². The molecule has 1 nitrogen and oxygen atoms in total. The molecule has 0 radical (unpaired) electrons. The van der Waals surface area contributed by atoms with Gasteiger partial charge in [-0.05, 0) is 48.6 Å². The molecule has 1 fully saturated rings. The average molecular weight is 330 g/mol. The summed E-state index contributed by atoms with van der Waals surface area (Å²) < 4.78 is 1.17. The smallest absolute Gasteiger partial charge is 0.0233 e. The SMILES string of the molecule is Brc1ccc(C2CCCN(Cc3ccccc3)C2)cc1. The molecule has 0 bridgehead atoms. The monoisotopic (exact) mass is 329 g/mol. The second-order valence-corrected chi connectivity index (χ2v) is 6.53. The maximum Gasteiger partial charge on any atom is 0.0233 e. The van der Waals surface area contributed by atoms with E-state index in [0.717, 1.165) is 6.54 Å². The summed E-state index contributed by atoms with van der Waals surface area (Å²) in [5, 5.41) is 0. The fourth-order valence-corrected chi connectivity index (χ4v) is 3.31. The van der Waals surface area contributed by atoms with Crippen molar-refractivity contribution in [2.75, 3.05) is 13.1 Å². The molecule has 0 N–H and O–H groups in total. The summed E-state index contributed by atoms with van der Waals surface area (Å²) in [7, 11) is 0. The predicted molar refractivity (Wildman–Crippen MR) is 87.8 cm³/mol. The Morgan fingerprint density at radius 2 is 1.75 bits per heavy atom. The largest absolute Gasteiger partial charge is 0.298 e. The number of rotatable bonds is 3. The van der Waals surface area contributed by atoms with Crippen LogP contribution in [0.3, 0.4) is 0 Å². The van der Waals surface area contributed by atoms with Crippen LogP contribution in [0.25, 0.3) is 0 Å². The zero-order chi connectivity index (χ0) is 13.8. The van der Waals surface area contributed by atoms with Gasteiger partial charge in [0.1, 0.15) is 0 Å². The molecule has 0 saturated carbocycles. The van der Waals surface area contributed by atoms with Crippen LogP contribution in [0.2, 0.25) is 0 Å². The quantitative estimate of drug-likeness (QED) is 0.779. The predicted octanol–water partition coefficient (Wildman–Crippen LogP) is 4.83. The number of halogens is 1. The summed E-state index contributed by atoms with van der Waals surface area (Å²) in [5.41, 5.74) is 2.90. The van der Waals surface area contributed by atoms with Gasteiger partial charge in [0, 0.05) is 17.6 Å². The molecule has 2 heteroatoms. The first-order chi connectivity index (χ1) is 9.81. The van der Waals surface area contributed by atoms with Gasteiger partial charge in [0.05, 0.1) is 0 Å². The molecule has 0 amide bonds. The second kappa shape index (κ2) is 6.55. The molecule has 3 rings (SSSR count). The fraction of sp³-hybridized carbons (Fsp3) is 0.333. The van der Waals surface area contributed by atoms with E-state index in [0.29, 0.717) is 5.92 Å². The maximum absolute atomic E-state index is 3.52. The van der Waals surface area contributed by atoms with E-state index < -0.39 is 0 Å². The van der Waals surface area contributed by atoms with Crippen molar-refractivity contribution < 1.29 is 0 Å². The Balaban J connectivity index is 1.66. The van der Waals surface area contributed by atoms with E-state index in [9.17, 15) is 0 Å². The van der Waals surface area contributed by atoms with Crippen molar-refractivity contribution >= 4 is 15.9 Å². The van der Waals surface area contributed by atoms with Crippen molar-refractivity contribution in [2.24, 2.45) is 0 Å². The first-order valence-corrected chi connectivity index (χ1v) is 8.12. The number of hydrogen-bond acceptors (Lipinski definition) is 1. The standard InChI is InChI=1S/C18H20BrN/c19-18-10-8-16(9-11-18)17-7-4-12-20(14-17)13-15-5-2-1-3-6-15/h1-3,5-6,8-11,17H,4,7,12-14H2. The molecule has 0 aliphatic carbocycles. The van der Waals surface area contributed by atoms with E-state index in [1.165, 1.54) is 41.5 Å². The van der Waals surface area contributed by atoms with Crippen LogP contribution in [0.5, 0.6) is 0 Å². The highest BCUT2D eigenvalue weighted by Gasteiger charge is 2.21. The zero-order valence-corrected chi connectivity index (χ0v) is 13.2. The molecule has 1 saturated heterocycles. The van der Waals surface area contributed by atoms with Crippen molar-refractivity contribution in [2.45, 2.75) is 25.3 Å². The maximum atomic E-state index is 3.52. The van der Waals surface area contributed by atoms with Crippen molar-refractivity contribution in [1.29, 1.82) is 0 Å². The Hall–Kier alpha value is -1.12. The molecular formula is C18H20BrN. The van der Waals surface area contributed by atoms with Gasteiger partial charge in [-0.25, -0.2) is 0 Å². The summed E-state index contributed by atoms with van der Waals surface area (Å²) in [6, 6.07) is 19.6. The molecule has 1 heterocycles. The van der Waals surface area contributed by atoms with Crippen LogP contribution in [0, 0.1) is 0 Å². The molecule has 0 spiro atoms. The lowest BCUT2D eigenvalue weighted by molar-refractivity contribution is 0.200. The molecule has 104 valence electrons. The van der Waals surface area contributed by atoms with Gasteiger partial charge < -0.3 is 0 Å². The molecule has 2 aromatic rings. The Morgan fingerprint density at radius 3 is 2.50 bits per heavy atom. The van der Waals surface area contributed by atoms with Crippen LogP contribution in [-0.2, 0) is 6.54 Å². The normalized spacial score (nSPS) is 19.9. The van der Waals surface area contributed by atoms with Gasteiger partial charge in [-0.2, -0.15) is 0 Å². The van der Waals surface area contributed by atoms with E-state index in [1.54, 1.807) is 0 Å². The van der Waals surface area contributed by atoms with E-state index in [4.69, 9.17) is 0 Å². The van der Waals surface area contributed by atoms with Crippen molar-refractivity contribution in [3.63, 3.8) is 0 Å². The lowest BCUT2D eigenvalue weighted by Crippen LogP contribution is -2.33. The van der Waals surface area contributed by atoms with Crippen LogP contribution < -0.4 is 0 Å². The van der Waals surface area contributed by atoms with Crippen molar-refractivity contribution in [1.82, 2.24) is 4.90 Å². The van der Waals surface area contributed by atoms with Crippen LogP contribution >= 0.6 is 15.9 Å². The Bertz CT molecular complexity index is 535. The van der Waals surface area contributed by atoms with E-state index >= 15 is 0 Å². The van der Waals surface area contributed by atoms with Crippen LogP contribution in [0.15, 0.2) is 59.1 Å². The average Bonchev–Trinajstić information content (AvgIpc) is 2.49.